The van der Waals surface area contributed by atoms with Crippen LogP contribution in [-0.4, -0.2) is 44.6 Å². The van der Waals surface area contributed by atoms with Gasteiger partial charge in [-0.15, -0.1) is 21.5 Å². The molecular formula is C29H29N5O4S. The fraction of sp³-hybridized carbons (Fsp3) is 0.276. The minimum Gasteiger partial charge on any atom is -0.497 e. The molecule has 0 aliphatic carbocycles. The van der Waals surface area contributed by atoms with Crippen molar-refractivity contribution in [3.63, 3.8) is 0 Å². The lowest BCUT2D eigenvalue weighted by Gasteiger charge is -2.12. The van der Waals surface area contributed by atoms with Crippen molar-refractivity contribution in [2.24, 2.45) is 4.99 Å². The maximum absolute atomic E-state index is 12.6. The first-order valence-electron chi connectivity index (χ1n) is 12.6. The number of benzene rings is 2. The van der Waals surface area contributed by atoms with E-state index in [0.29, 0.717) is 35.9 Å². The summed E-state index contributed by atoms with van der Waals surface area (Å²) in [5.41, 5.74) is 5.32. The Bertz CT molecular complexity index is 1570. The van der Waals surface area contributed by atoms with Crippen molar-refractivity contribution >= 4 is 34.6 Å². The fourth-order valence-corrected chi connectivity index (χ4v) is 5.89. The molecule has 0 saturated heterocycles. The molecule has 5 rings (SSSR count). The van der Waals surface area contributed by atoms with Gasteiger partial charge in [-0.3, -0.25) is 19.1 Å². The molecule has 1 atom stereocenters. The Labute approximate surface area is 230 Å². The molecule has 1 amide bonds. The fourth-order valence-electron chi connectivity index (χ4n) is 4.68. The Kier molecular flexibility index (Phi) is 7.30. The van der Waals surface area contributed by atoms with Crippen LogP contribution >= 0.6 is 11.3 Å². The number of carbonyl (C=O) groups is 2. The van der Waals surface area contributed by atoms with Crippen LogP contribution in [0, 0.1) is 20.8 Å². The molecule has 2 aromatic heterocycles. The molecule has 4 aromatic rings. The number of ether oxygens (including phenoxy) is 1. The van der Waals surface area contributed by atoms with Crippen LogP contribution in [0.2, 0.25) is 0 Å². The molecule has 200 valence electrons. The van der Waals surface area contributed by atoms with E-state index in [1.54, 1.807) is 18.4 Å². The van der Waals surface area contributed by atoms with Crippen molar-refractivity contribution in [1.29, 1.82) is 0 Å². The summed E-state index contributed by atoms with van der Waals surface area (Å²) in [6.07, 6.45) is 0.780. The maximum Gasteiger partial charge on any atom is 0.306 e. The molecule has 1 aliphatic heterocycles. The Morgan fingerprint density at radius 1 is 1.05 bits per heavy atom. The van der Waals surface area contributed by atoms with Gasteiger partial charge in [-0.2, -0.15) is 0 Å². The standard InChI is InChI=1S/C29H29N5O4S/c1-16-17(2)39-29-26(16)27(31-23(15-25(36)37)28-33-32-18(3)34(28)29)20-8-10-21(11-9-20)30-24(35)14-7-19-5-12-22(38-4)13-6-19/h5-6,8-13,23H,7,14-15H2,1-4H3,(H,30,35)(H,36,37)/t23-/m0/s1. The number of amides is 1. The average molecular weight is 544 g/mol. The van der Waals surface area contributed by atoms with Crippen molar-refractivity contribution in [2.75, 3.05) is 12.4 Å². The zero-order chi connectivity index (χ0) is 27.7. The molecule has 0 bridgehead atoms. The van der Waals surface area contributed by atoms with Gasteiger partial charge in [-0.05, 0) is 62.6 Å². The molecule has 0 fully saturated rings. The number of aryl methyl sites for hydroxylation is 3. The number of carboxylic acid groups (broad SMARTS) is 1. The van der Waals surface area contributed by atoms with Crippen LogP contribution in [0.1, 0.15) is 57.7 Å². The zero-order valence-corrected chi connectivity index (χ0v) is 23.0. The number of methoxy groups -OCH3 is 1. The number of fused-ring (bicyclic) bond motifs is 3. The smallest absolute Gasteiger partial charge is 0.306 e. The number of carbonyl (C=O) groups excluding carboxylic acids is 1. The summed E-state index contributed by atoms with van der Waals surface area (Å²) in [6, 6.07) is 14.5. The third-order valence-electron chi connectivity index (χ3n) is 6.85. The number of anilines is 1. The van der Waals surface area contributed by atoms with Crippen molar-refractivity contribution in [1.82, 2.24) is 14.8 Å². The van der Waals surface area contributed by atoms with Gasteiger partial charge >= 0.3 is 5.97 Å². The largest absolute Gasteiger partial charge is 0.497 e. The zero-order valence-electron chi connectivity index (χ0n) is 22.2. The third kappa shape index (κ3) is 5.33. The highest BCUT2D eigenvalue weighted by Crippen LogP contribution is 2.39. The van der Waals surface area contributed by atoms with Gasteiger partial charge in [0.15, 0.2) is 5.82 Å². The Morgan fingerprint density at radius 3 is 2.44 bits per heavy atom. The maximum atomic E-state index is 12.6. The lowest BCUT2D eigenvalue weighted by molar-refractivity contribution is -0.137. The molecule has 2 aromatic carbocycles. The lowest BCUT2D eigenvalue weighted by Crippen LogP contribution is -2.13. The quantitative estimate of drug-likeness (QED) is 0.315. The van der Waals surface area contributed by atoms with E-state index in [-0.39, 0.29) is 12.3 Å². The first-order chi connectivity index (χ1) is 18.7. The SMILES string of the molecule is COc1ccc(CCC(=O)Nc2ccc(C3=N[C@@H](CC(=O)O)c4nnc(C)n4-c4sc(C)c(C)c43)cc2)cc1. The number of hydrogen-bond donors (Lipinski definition) is 2. The van der Waals surface area contributed by atoms with Crippen LogP contribution in [-0.2, 0) is 16.0 Å². The van der Waals surface area contributed by atoms with E-state index in [0.717, 1.165) is 37.9 Å². The Morgan fingerprint density at radius 2 is 1.77 bits per heavy atom. The van der Waals surface area contributed by atoms with Gasteiger partial charge < -0.3 is 15.2 Å². The highest BCUT2D eigenvalue weighted by atomic mass is 32.1. The van der Waals surface area contributed by atoms with Gasteiger partial charge in [0.05, 0.1) is 19.2 Å². The van der Waals surface area contributed by atoms with E-state index in [1.165, 1.54) is 0 Å². The highest BCUT2D eigenvalue weighted by molar-refractivity contribution is 7.15. The minimum absolute atomic E-state index is 0.0770. The second-order valence-electron chi connectivity index (χ2n) is 9.47. The van der Waals surface area contributed by atoms with Gasteiger partial charge in [0.1, 0.15) is 22.6 Å². The summed E-state index contributed by atoms with van der Waals surface area (Å²) < 4.78 is 7.11. The predicted octanol–water partition coefficient (Wildman–Crippen LogP) is 5.20. The Balaban J connectivity index is 1.40. The van der Waals surface area contributed by atoms with Crippen LogP contribution in [0.3, 0.4) is 0 Å². The molecular weight excluding hydrogens is 514 g/mol. The minimum atomic E-state index is -0.957. The molecule has 39 heavy (non-hydrogen) atoms. The van der Waals surface area contributed by atoms with Crippen molar-refractivity contribution in [3.05, 3.63) is 87.3 Å². The summed E-state index contributed by atoms with van der Waals surface area (Å²) in [5.74, 6) is 0.959. The third-order valence-corrected chi connectivity index (χ3v) is 8.04. The number of aliphatic imine (C=N–C) groups is 1. The number of hydrogen-bond acceptors (Lipinski definition) is 7. The number of rotatable bonds is 8. The van der Waals surface area contributed by atoms with E-state index in [4.69, 9.17) is 9.73 Å². The number of thiophene rings is 1. The first kappa shape index (κ1) is 26.3. The summed E-state index contributed by atoms with van der Waals surface area (Å²) in [5, 5.41) is 22.0. The van der Waals surface area contributed by atoms with Gasteiger partial charge in [-0.1, -0.05) is 24.3 Å². The van der Waals surface area contributed by atoms with E-state index in [2.05, 4.69) is 29.4 Å². The summed E-state index contributed by atoms with van der Waals surface area (Å²) in [7, 11) is 1.62. The van der Waals surface area contributed by atoms with Crippen LogP contribution in [0.15, 0.2) is 53.5 Å². The second-order valence-corrected chi connectivity index (χ2v) is 10.7. The summed E-state index contributed by atoms with van der Waals surface area (Å²) in [4.78, 5) is 30.4. The number of aliphatic carboxylic acids is 1. The first-order valence-corrected chi connectivity index (χ1v) is 13.4. The van der Waals surface area contributed by atoms with E-state index in [9.17, 15) is 14.7 Å². The van der Waals surface area contributed by atoms with Crippen molar-refractivity contribution in [2.45, 2.75) is 46.1 Å². The van der Waals surface area contributed by atoms with E-state index >= 15 is 0 Å². The summed E-state index contributed by atoms with van der Waals surface area (Å²) in [6.45, 7) is 5.97. The molecule has 0 saturated carbocycles. The topological polar surface area (TPSA) is 119 Å². The van der Waals surface area contributed by atoms with Crippen molar-refractivity contribution in [3.8, 4) is 10.8 Å². The number of aromatic nitrogens is 3. The van der Waals surface area contributed by atoms with Gasteiger partial charge in [0.2, 0.25) is 5.91 Å². The number of carboxylic acids is 1. The van der Waals surface area contributed by atoms with Gasteiger partial charge in [0, 0.05) is 28.1 Å². The lowest BCUT2D eigenvalue weighted by atomic mass is 9.99. The Hall–Kier alpha value is -4.31. The molecule has 0 unspecified atom stereocenters. The number of nitrogens with one attached hydrogen (secondary N) is 1. The van der Waals surface area contributed by atoms with Gasteiger partial charge in [0.25, 0.3) is 0 Å². The highest BCUT2D eigenvalue weighted by Gasteiger charge is 2.32. The van der Waals surface area contributed by atoms with E-state index < -0.39 is 12.0 Å². The molecule has 0 radical (unpaired) electrons. The number of nitrogens with zero attached hydrogens (tertiary/aromatic N) is 4. The monoisotopic (exact) mass is 543 g/mol. The molecule has 9 nitrogen and oxygen atoms in total. The molecule has 10 heteroatoms. The van der Waals surface area contributed by atoms with Crippen LogP contribution in [0.5, 0.6) is 5.75 Å². The molecule has 0 spiro atoms. The normalized spacial score (nSPS) is 14.2. The predicted molar refractivity (Wildman–Crippen MR) is 150 cm³/mol. The average Bonchev–Trinajstić information content (AvgIpc) is 3.40. The van der Waals surface area contributed by atoms with Crippen LogP contribution in [0.25, 0.3) is 5.00 Å². The van der Waals surface area contributed by atoms with Crippen LogP contribution in [0.4, 0.5) is 5.69 Å². The molecule has 1 aliphatic rings. The molecule has 2 N–H and O–H groups in total. The van der Waals surface area contributed by atoms with Crippen LogP contribution < -0.4 is 10.1 Å². The molecule has 3 heterocycles. The van der Waals surface area contributed by atoms with Gasteiger partial charge in [-0.25, -0.2) is 0 Å². The van der Waals surface area contributed by atoms with E-state index in [1.807, 2.05) is 60.0 Å². The van der Waals surface area contributed by atoms with Crippen molar-refractivity contribution < 1.29 is 19.4 Å². The summed E-state index contributed by atoms with van der Waals surface area (Å²) >= 11 is 1.62. The second kappa shape index (κ2) is 10.8.